The van der Waals surface area contributed by atoms with Crippen molar-refractivity contribution in [3.8, 4) is 17.2 Å². The van der Waals surface area contributed by atoms with Crippen molar-refractivity contribution in [3.63, 3.8) is 0 Å². The molecule has 27 heavy (non-hydrogen) atoms. The third-order valence-electron chi connectivity index (χ3n) is 4.22. The normalized spacial score (nSPS) is 11.0. The minimum atomic E-state index is -2.52. The van der Waals surface area contributed by atoms with Crippen molar-refractivity contribution in [2.75, 3.05) is 0 Å². The lowest BCUT2D eigenvalue weighted by Crippen LogP contribution is -2.02. The molecule has 0 radical (unpaired) electrons. The zero-order valence-corrected chi connectivity index (χ0v) is 14.0. The van der Waals surface area contributed by atoms with Crippen LogP contribution in [0.3, 0.4) is 0 Å². The molecule has 1 aromatic carbocycles. The highest BCUT2D eigenvalue weighted by Gasteiger charge is 2.11. The fourth-order valence-electron chi connectivity index (χ4n) is 2.90. The van der Waals surface area contributed by atoms with E-state index in [2.05, 4.69) is 21.1 Å². The van der Waals surface area contributed by atoms with Gasteiger partial charge in [0.25, 0.3) is 6.43 Å². The van der Waals surface area contributed by atoms with Gasteiger partial charge in [-0.25, -0.2) is 8.78 Å². The molecule has 0 unspecified atom stereocenters. The van der Waals surface area contributed by atoms with Crippen LogP contribution in [0.25, 0.3) is 22.2 Å². The Morgan fingerprint density at radius 1 is 1.04 bits per heavy atom. The van der Waals surface area contributed by atoms with E-state index >= 15 is 0 Å². The predicted molar refractivity (Wildman–Crippen MR) is 96.0 cm³/mol. The Labute approximate surface area is 153 Å². The fraction of sp³-hybridized carbons (Fsp3) is 0.100. The highest BCUT2D eigenvalue weighted by molar-refractivity contribution is 5.80. The number of nitrogens with zero attached hydrogens (tertiary/aromatic N) is 5. The maximum absolute atomic E-state index is 13.0. The van der Waals surface area contributed by atoms with E-state index in [9.17, 15) is 8.78 Å². The molecule has 4 aromatic rings. The van der Waals surface area contributed by atoms with Crippen LogP contribution < -0.4 is 0 Å². The number of aromatic nitrogens is 4. The van der Waals surface area contributed by atoms with Crippen LogP contribution in [0.15, 0.2) is 61.2 Å². The van der Waals surface area contributed by atoms with Crippen LogP contribution in [0.5, 0.6) is 0 Å². The number of nitriles is 1. The number of alkyl halides is 2. The zero-order chi connectivity index (χ0) is 18.8. The Hall–Kier alpha value is -3.66. The molecule has 0 fully saturated rings. The molecular weight excluding hydrogens is 348 g/mol. The number of pyridine rings is 2. The minimum Gasteiger partial charge on any atom is -0.263 e. The molecule has 3 aromatic heterocycles. The predicted octanol–water partition coefficient (Wildman–Crippen LogP) is 4.35. The van der Waals surface area contributed by atoms with Gasteiger partial charge < -0.3 is 0 Å². The lowest BCUT2D eigenvalue weighted by molar-refractivity contribution is 0.151. The Balaban J connectivity index is 1.73. The van der Waals surface area contributed by atoms with E-state index in [-0.39, 0.29) is 5.56 Å². The summed E-state index contributed by atoms with van der Waals surface area (Å²) >= 11 is 0. The molecule has 0 atom stereocenters. The number of halogens is 2. The highest BCUT2D eigenvalue weighted by atomic mass is 19.3. The SMILES string of the molecule is N#Cc1cncc(Cn2ncc3ncc(-c4cccc(C(F)F)c4)cc32)c1. The van der Waals surface area contributed by atoms with E-state index in [1.54, 1.807) is 41.5 Å². The summed E-state index contributed by atoms with van der Waals surface area (Å²) in [6.07, 6.45) is 3.96. The van der Waals surface area contributed by atoms with Crippen molar-refractivity contribution in [1.29, 1.82) is 5.26 Å². The highest BCUT2D eigenvalue weighted by Crippen LogP contribution is 2.27. The molecule has 0 aliphatic heterocycles. The van der Waals surface area contributed by atoms with Crippen molar-refractivity contribution < 1.29 is 8.78 Å². The molecule has 3 heterocycles. The number of rotatable bonds is 4. The van der Waals surface area contributed by atoms with Gasteiger partial charge in [-0.1, -0.05) is 18.2 Å². The van der Waals surface area contributed by atoms with Crippen LogP contribution in [-0.4, -0.2) is 19.7 Å². The lowest BCUT2D eigenvalue weighted by Gasteiger charge is -2.07. The number of hydrogen-bond acceptors (Lipinski definition) is 4. The lowest BCUT2D eigenvalue weighted by atomic mass is 10.0. The Morgan fingerprint density at radius 2 is 1.93 bits per heavy atom. The second-order valence-electron chi connectivity index (χ2n) is 6.05. The van der Waals surface area contributed by atoms with Gasteiger partial charge in [-0.15, -0.1) is 0 Å². The Kier molecular flexibility index (Phi) is 4.30. The van der Waals surface area contributed by atoms with Gasteiger partial charge in [0.2, 0.25) is 0 Å². The van der Waals surface area contributed by atoms with Crippen molar-refractivity contribution in [3.05, 3.63) is 77.9 Å². The summed E-state index contributed by atoms with van der Waals surface area (Å²) in [7, 11) is 0. The maximum Gasteiger partial charge on any atom is 0.263 e. The van der Waals surface area contributed by atoms with E-state index in [1.165, 1.54) is 18.3 Å². The third-order valence-corrected chi connectivity index (χ3v) is 4.22. The summed E-state index contributed by atoms with van der Waals surface area (Å²) in [5, 5.41) is 13.4. The largest absolute Gasteiger partial charge is 0.263 e. The number of hydrogen-bond donors (Lipinski definition) is 0. The molecule has 0 N–H and O–H groups in total. The van der Waals surface area contributed by atoms with Gasteiger partial charge >= 0.3 is 0 Å². The van der Waals surface area contributed by atoms with Crippen molar-refractivity contribution in [1.82, 2.24) is 19.7 Å². The standard InChI is InChI=1S/C20H13F2N5/c21-20(22)16-3-1-2-15(5-16)17-6-19-18(25-10-17)11-26-27(19)12-14-4-13(7-23)8-24-9-14/h1-6,8-11,20H,12H2. The van der Waals surface area contributed by atoms with Crippen LogP contribution in [0.2, 0.25) is 0 Å². The van der Waals surface area contributed by atoms with Crippen LogP contribution in [0.4, 0.5) is 8.78 Å². The quantitative estimate of drug-likeness (QED) is 0.542. The molecule has 0 saturated heterocycles. The molecule has 132 valence electrons. The van der Waals surface area contributed by atoms with Gasteiger partial charge in [-0.05, 0) is 29.3 Å². The smallest absolute Gasteiger partial charge is 0.263 e. The molecule has 0 amide bonds. The van der Waals surface area contributed by atoms with Gasteiger partial charge in [0.1, 0.15) is 11.6 Å². The van der Waals surface area contributed by atoms with Gasteiger partial charge in [0, 0.05) is 29.7 Å². The van der Waals surface area contributed by atoms with Gasteiger partial charge in [-0.2, -0.15) is 10.4 Å². The fourth-order valence-corrected chi connectivity index (χ4v) is 2.90. The summed E-state index contributed by atoms with van der Waals surface area (Å²) in [5.41, 5.74) is 4.17. The first-order valence-corrected chi connectivity index (χ1v) is 8.18. The first kappa shape index (κ1) is 16.8. The Bertz CT molecular complexity index is 1160. The third kappa shape index (κ3) is 3.37. The molecular formula is C20H13F2N5. The zero-order valence-electron chi connectivity index (χ0n) is 14.0. The van der Waals surface area contributed by atoms with Crippen LogP contribution in [0.1, 0.15) is 23.1 Å². The molecule has 4 rings (SSSR count). The van der Waals surface area contributed by atoms with E-state index in [4.69, 9.17) is 5.26 Å². The van der Waals surface area contributed by atoms with E-state index < -0.39 is 6.43 Å². The maximum atomic E-state index is 13.0. The molecule has 0 spiro atoms. The summed E-state index contributed by atoms with van der Waals surface area (Å²) in [5.74, 6) is 0. The molecule has 0 bridgehead atoms. The van der Waals surface area contributed by atoms with Crippen LogP contribution in [-0.2, 0) is 6.54 Å². The second-order valence-corrected chi connectivity index (χ2v) is 6.05. The summed E-state index contributed by atoms with van der Waals surface area (Å²) in [4.78, 5) is 8.45. The molecule has 5 nitrogen and oxygen atoms in total. The first-order valence-electron chi connectivity index (χ1n) is 8.18. The summed E-state index contributed by atoms with van der Waals surface area (Å²) < 4.78 is 27.7. The van der Waals surface area contributed by atoms with Gasteiger partial charge in [0.05, 0.1) is 23.8 Å². The molecule has 0 aliphatic carbocycles. The average Bonchev–Trinajstić information content (AvgIpc) is 3.10. The van der Waals surface area contributed by atoms with Gasteiger partial charge in [-0.3, -0.25) is 14.6 Å². The van der Waals surface area contributed by atoms with E-state index in [0.29, 0.717) is 23.2 Å². The second kappa shape index (κ2) is 6.92. The van der Waals surface area contributed by atoms with Crippen LogP contribution in [0, 0.1) is 11.3 Å². The van der Waals surface area contributed by atoms with Gasteiger partial charge in [0.15, 0.2) is 0 Å². The molecule has 7 heteroatoms. The summed E-state index contributed by atoms with van der Waals surface area (Å²) in [6.45, 7) is 0.425. The minimum absolute atomic E-state index is 0.0273. The van der Waals surface area contributed by atoms with Crippen LogP contribution >= 0.6 is 0 Å². The summed E-state index contributed by atoms with van der Waals surface area (Å²) in [6, 6.07) is 11.9. The number of fused-ring (bicyclic) bond motifs is 1. The van der Waals surface area contributed by atoms with Crippen molar-refractivity contribution in [2.45, 2.75) is 13.0 Å². The molecule has 0 saturated carbocycles. The first-order chi connectivity index (χ1) is 13.1. The van der Waals surface area contributed by atoms with Crippen molar-refractivity contribution in [2.24, 2.45) is 0 Å². The average molecular weight is 361 g/mol. The van der Waals surface area contributed by atoms with Crippen molar-refractivity contribution >= 4 is 11.0 Å². The monoisotopic (exact) mass is 361 g/mol. The van der Waals surface area contributed by atoms with E-state index in [1.807, 2.05) is 6.07 Å². The topological polar surface area (TPSA) is 67.4 Å². The van der Waals surface area contributed by atoms with E-state index in [0.717, 1.165) is 16.6 Å². The number of benzene rings is 1. The molecule has 0 aliphatic rings. The Morgan fingerprint density at radius 3 is 2.74 bits per heavy atom.